The van der Waals surface area contributed by atoms with Crippen molar-refractivity contribution in [2.75, 3.05) is 7.05 Å². The van der Waals surface area contributed by atoms with Crippen LogP contribution in [0.3, 0.4) is 0 Å². The van der Waals surface area contributed by atoms with Gasteiger partial charge in [0.1, 0.15) is 17.2 Å². The van der Waals surface area contributed by atoms with Gasteiger partial charge in [-0.05, 0) is 19.8 Å². The Bertz CT molecular complexity index is 1190. The third-order valence-electron chi connectivity index (χ3n) is 6.04. The Kier molecular flexibility index (Phi) is 5.91. The van der Waals surface area contributed by atoms with E-state index in [0.29, 0.717) is 16.2 Å². The van der Waals surface area contributed by atoms with Crippen LogP contribution < -0.4 is 5.56 Å². The highest BCUT2D eigenvalue weighted by molar-refractivity contribution is 7.17. The second-order valence-corrected chi connectivity index (χ2v) is 8.98. The van der Waals surface area contributed by atoms with Gasteiger partial charge in [-0.25, -0.2) is 9.78 Å². The second kappa shape index (κ2) is 8.63. The fourth-order valence-corrected chi connectivity index (χ4v) is 5.07. The van der Waals surface area contributed by atoms with Gasteiger partial charge in [-0.2, -0.15) is 0 Å². The Hall–Kier alpha value is -3.00. The first-order valence-electron chi connectivity index (χ1n) is 10.4. The lowest BCUT2D eigenvalue weighted by Gasteiger charge is -2.31. The molecule has 2 aromatic heterocycles. The molecule has 7 nitrogen and oxygen atoms in total. The summed E-state index contributed by atoms with van der Waals surface area (Å²) in [6.07, 6.45) is 5.31. The van der Waals surface area contributed by atoms with E-state index >= 15 is 0 Å². The Balaban J connectivity index is 1.81. The number of carboxylic acids is 1. The summed E-state index contributed by atoms with van der Waals surface area (Å²) in [5.74, 6) is -0.970. The van der Waals surface area contributed by atoms with Gasteiger partial charge in [0.15, 0.2) is 0 Å². The number of benzene rings is 1. The molecular formula is C23H25N3O4S. The second-order valence-electron chi connectivity index (χ2n) is 8.12. The number of carboxylic acid groups (broad SMARTS) is 1. The highest BCUT2D eigenvalue weighted by Gasteiger charge is 2.25. The summed E-state index contributed by atoms with van der Waals surface area (Å²) in [6, 6.07) is 7.74. The van der Waals surface area contributed by atoms with E-state index in [-0.39, 0.29) is 29.4 Å². The lowest BCUT2D eigenvalue weighted by Crippen LogP contribution is -2.42. The van der Waals surface area contributed by atoms with Crippen molar-refractivity contribution in [1.82, 2.24) is 14.5 Å². The molecule has 1 saturated carbocycles. The van der Waals surface area contributed by atoms with E-state index in [9.17, 15) is 19.5 Å². The number of likely N-dealkylation sites (N-methyl/N-ethyl adjacent to an activating group) is 1. The maximum Gasteiger partial charge on any atom is 0.337 e. The lowest BCUT2D eigenvalue weighted by atomic mass is 9.94. The molecule has 2 heterocycles. The number of nitrogens with zero attached hydrogens (tertiary/aromatic N) is 3. The number of aromatic nitrogens is 2. The summed E-state index contributed by atoms with van der Waals surface area (Å²) >= 11 is 1.12. The average Bonchev–Trinajstić information content (AvgIpc) is 3.21. The monoisotopic (exact) mass is 439 g/mol. The van der Waals surface area contributed by atoms with Gasteiger partial charge < -0.3 is 10.0 Å². The number of aryl methyl sites for hydroxylation is 1. The Morgan fingerprint density at radius 3 is 2.52 bits per heavy atom. The number of carbonyl (C=O) groups excluding carboxylic acids is 1. The van der Waals surface area contributed by atoms with Crippen LogP contribution in [0.25, 0.3) is 21.6 Å². The number of fused-ring (bicyclic) bond motifs is 1. The third kappa shape index (κ3) is 4.12. The molecule has 1 amide bonds. The van der Waals surface area contributed by atoms with Crippen LogP contribution in [-0.2, 0) is 11.3 Å². The zero-order valence-electron chi connectivity index (χ0n) is 17.6. The third-order valence-corrected chi connectivity index (χ3v) is 6.92. The highest BCUT2D eigenvalue weighted by atomic mass is 32.1. The minimum Gasteiger partial charge on any atom is -0.478 e. The van der Waals surface area contributed by atoms with Crippen molar-refractivity contribution in [2.24, 2.45) is 0 Å². The van der Waals surface area contributed by atoms with Crippen molar-refractivity contribution in [3.05, 3.63) is 51.1 Å². The fraction of sp³-hybridized carbons (Fsp3) is 0.391. The van der Waals surface area contributed by atoms with Gasteiger partial charge in [-0.15, -0.1) is 11.3 Å². The standard InChI is InChI=1S/C23H25N3O4S/c1-14-8-10-15(11-9-14)20-24-21-19(17(13-31-21)23(29)30)22(28)26(20)12-18(27)25(2)16-6-4-3-5-7-16/h8-11,13,16H,3-7,12H2,1-2H3,(H,29,30). The molecule has 0 aliphatic heterocycles. The van der Waals surface area contributed by atoms with E-state index in [1.807, 2.05) is 31.2 Å². The van der Waals surface area contributed by atoms with Crippen LogP contribution >= 0.6 is 11.3 Å². The molecule has 1 aromatic carbocycles. The van der Waals surface area contributed by atoms with Crippen LogP contribution in [0.15, 0.2) is 34.4 Å². The first-order valence-corrected chi connectivity index (χ1v) is 11.3. The first-order chi connectivity index (χ1) is 14.9. The molecule has 1 aliphatic carbocycles. The van der Waals surface area contributed by atoms with Crippen LogP contribution in [-0.4, -0.2) is 44.5 Å². The van der Waals surface area contributed by atoms with Crippen molar-refractivity contribution in [3.8, 4) is 11.4 Å². The van der Waals surface area contributed by atoms with E-state index in [1.165, 1.54) is 16.4 Å². The Labute approximate surface area is 184 Å². The molecule has 4 rings (SSSR count). The predicted octanol–water partition coefficient (Wildman–Crippen LogP) is 3.92. The molecule has 1 fully saturated rings. The summed E-state index contributed by atoms with van der Waals surface area (Å²) in [5, 5.41) is 11.0. The summed E-state index contributed by atoms with van der Waals surface area (Å²) in [6.45, 7) is 1.79. The van der Waals surface area contributed by atoms with Gasteiger partial charge >= 0.3 is 5.97 Å². The van der Waals surface area contributed by atoms with Gasteiger partial charge in [-0.3, -0.25) is 14.2 Å². The van der Waals surface area contributed by atoms with Crippen molar-refractivity contribution < 1.29 is 14.7 Å². The summed E-state index contributed by atoms with van der Waals surface area (Å²) in [7, 11) is 1.79. The van der Waals surface area contributed by atoms with E-state index in [1.54, 1.807) is 11.9 Å². The molecular weight excluding hydrogens is 414 g/mol. The molecule has 0 atom stereocenters. The number of hydrogen-bond donors (Lipinski definition) is 1. The molecule has 1 aliphatic rings. The molecule has 162 valence electrons. The molecule has 31 heavy (non-hydrogen) atoms. The molecule has 0 unspecified atom stereocenters. The average molecular weight is 440 g/mol. The zero-order valence-corrected chi connectivity index (χ0v) is 18.4. The predicted molar refractivity (Wildman–Crippen MR) is 121 cm³/mol. The number of amides is 1. The number of thiophene rings is 1. The van der Waals surface area contributed by atoms with Crippen LogP contribution in [0, 0.1) is 6.92 Å². The number of aromatic carboxylic acids is 1. The molecule has 0 saturated heterocycles. The largest absolute Gasteiger partial charge is 0.478 e. The minimum absolute atomic E-state index is 0.0569. The number of carbonyl (C=O) groups is 2. The summed E-state index contributed by atoms with van der Waals surface area (Å²) in [5.41, 5.74) is 1.21. The maximum absolute atomic E-state index is 13.4. The molecule has 8 heteroatoms. The Morgan fingerprint density at radius 2 is 1.87 bits per heavy atom. The number of rotatable bonds is 5. The van der Waals surface area contributed by atoms with Crippen molar-refractivity contribution in [3.63, 3.8) is 0 Å². The van der Waals surface area contributed by atoms with E-state index < -0.39 is 11.5 Å². The van der Waals surface area contributed by atoms with Crippen molar-refractivity contribution in [2.45, 2.75) is 51.6 Å². The quantitative estimate of drug-likeness (QED) is 0.650. The maximum atomic E-state index is 13.4. The van der Waals surface area contributed by atoms with Gasteiger partial charge in [0.2, 0.25) is 5.91 Å². The molecule has 0 spiro atoms. The topological polar surface area (TPSA) is 92.5 Å². The van der Waals surface area contributed by atoms with Gasteiger partial charge in [0, 0.05) is 24.0 Å². The van der Waals surface area contributed by atoms with Gasteiger partial charge in [0.25, 0.3) is 5.56 Å². The van der Waals surface area contributed by atoms with Crippen LogP contribution in [0.5, 0.6) is 0 Å². The molecule has 3 aromatic rings. The smallest absolute Gasteiger partial charge is 0.337 e. The van der Waals surface area contributed by atoms with Crippen LogP contribution in [0.2, 0.25) is 0 Å². The SMILES string of the molecule is Cc1ccc(-c2nc3scc(C(=O)O)c3c(=O)n2CC(=O)N(C)C2CCCCC2)cc1. The van der Waals surface area contributed by atoms with E-state index in [4.69, 9.17) is 0 Å². The molecule has 0 radical (unpaired) electrons. The fourth-order valence-electron chi connectivity index (χ4n) is 4.17. The molecule has 1 N–H and O–H groups in total. The van der Waals surface area contributed by atoms with Gasteiger partial charge in [0.05, 0.1) is 10.9 Å². The Morgan fingerprint density at radius 1 is 1.19 bits per heavy atom. The zero-order chi connectivity index (χ0) is 22.1. The first kappa shape index (κ1) is 21.2. The lowest BCUT2D eigenvalue weighted by molar-refractivity contribution is -0.133. The highest BCUT2D eigenvalue weighted by Crippen LogP contribution is 2.26. The van der Waals surface area contributed by atoms with Crippen molar-refractivity contribution in [1.29, 1.82) is 0 Å². The van der Waals surface area contributed by atoms with Crippen molar-refractivity contribution >= 4 is 33.4 Å². The van der Waals surface area contributed by atoms with E-state index in [0.717, 1.165) is 42.6 Å². The normalized spacial score (nSPS) is 14.6. The summed E-state index contributed by atoms with van der Waals surface area (Å²) < 4.78 is 1.33. The summed E-state index contributed by atoms with van der Waals surface area (Å²) in [4.78, 5) is 44.9. The van der Waals surface area contributed by atoms with Crippen LogP contribution in [0.4, 0.5) is 0 Å². The van der Waals surface area contributed by atoms with Crippen LogP contribution in [0.1, 0.15) is 48.0 Å². The van der Waals surface area contributed by atoms with Gasteiger partial charge in [-0.1, -0.05) is 49.1 Å². The molecule has 0 bridgehead atoms. The number of hydrogen-bond acceptors (Lipinski definition) is 5. The minimum atomic E-state index is -1.18. The van der Waals surface area contributed by atoms with E-state index in [2.05, 4.69) is 4.98 Å².